The van der Waals surface area contributed by atoms with Crippen LogP contribution in [0.3, 0.4) is 0 Å². The van der Waals surface area contributed by atoms with Crippen molar-refractivity contribution in [3.63, 3.8) is 0 Å². The zero-order valence-electron chi connectivity index (χ0n) is 27.0. The van der Waals surface area contributed by atoms with E-state index in [4.69, 9.17) is 19.4 Å². The van der Waals surface area contributed by atoms with Crippen LogP contribution in [0.2, 0.25) is 0 Å². The number of nitro benzene ring substituents is 1. The van der Waals surface area contributed by atoms with Crippen molar-refractivity contribution in [2.24, 2.45) is 0 Å². The second-order valence-electron chi connectivity index (χ2n) is 12.1. The molecule has 0 amide bonds. The van der Waals surface area contributed by atoms with Crippen LogP contribution in [0.4, 0.5) is 5.69 Å². The molecule has 12 nitrogen and oxygen atoms in total. The Labute approximate surface area is 283 Å². The van der Waals surface area contributed by atoms with Crippen LogP contribution in [0.15, 0.2) is 71.6 Å². The molecule has 1 fully saturated rings. The fraction of sp³-hybridized carbons (Fsp3) is 0.306. The first-order valence-corrected chi connectivity index (χ1v) is 17.8. The highest BCUT2D eigenvalue weighted by Gasteiger charge is 2.29. The van der Waals surface area contributed by atoms with Gasteiger partial charge in [0.25, 0.3) is 5.69 Å². The number of para-hydroxylation sites is 1. The number of aromatic nitrogens is 3. The number of ether oxygens (including phenoxy) is 2. The Morgan fingerprint density at radius 3 is 2.55 bits per heavy atom. The topological polar surface area (TPSA) is 147 Å². The minimum absolute atomic E-state index is 0.0197. The monoisotopic (exact) mass is 681 g/mol. The first kappa shape index (κ1) is 32.6. The molecule has 0 N–H and O–H groups in total. The molecular weight excluding hydrogens is 646 g/mol. The average molecular weight is 682 g/mol. The second-order valence-corrected chi connectivity index (χ2v) is 14.1. The molecule has 3 heterocycles. The number of rotatable bonds is 9. The van der Waals surface area contributed by atoms with Crippen LogP contribution in [0.5, 0.6) is 0 Å². The zero-order valence-corrected chi connectivity index (χ0v) is 27.8. The van der Waals surface area contributed by atoms with E-state index in [1.165, 1.54) is 16.4 Å². The van der Waals surface area contributed by atoms with Crippen molar-refractivity contribution in [3.05, 3.63) is 105 Å². The Kier molecular flexibility index (Phi) is 8.97. The highest BCUT2D eigenvalue weighted by Crippen LogP contribution is 2.37. The molecule has 1 aliphatic heterocycles. The molecule has 1 aliphatic carbocycles. The molecule has 49 heavy (non-hydrogen) atoms. The van der Waals surface area contributed by atoms with Gasteiger partial charge in [0.05, 0.1) is 50.8 Å². The summed E-state index contributed by atoms with van der Waals surface area (Å²) in [4.78, 5) is 34.7. The minimum atomic E-state index is -3.71. The number of imidazole rings is 1. The van der Waals surface area contributed by atoms with Crippen molar-refractivity contribution >= 4 is 55.3 Å². The fourth-order valence-electron chi connectivity index (χ4n) is 6.64. The van der Waals surface area contributed by atoms with Gasteiger partial charge in [-0.3, -0.25) is 10.1 Å². The summed E-state index contributed by atoms with van der Waals surface area (Å²) in [5.74, 6) is 0.0363. The summed E-state index contributed by atoms with van der Waals surface area (Å²) in [5.41, 5.74) is 5.72. The summed E-state index contributed by atoms with van der Waals surface area (Å²) >= 11 is 0. The lowest BCUT2D eigenvalue weighted by Crippen LogP contribution is -2.40. The number of esters is 1. The summed E-state index contributed by atoms with van der Waals surface area (Å²) in [5, 5.41) is 11.8. The van der Waals surface area contributed by atoms with Crippen LogP contribution in [-0.4, -0.2) is 64.5 Å². The van der Waals surface area contributed by atoms with Gasteiger partial charge >= 0.3 is 5.97 Å². The lowest BCUT2D eigenvalue weighted by atomic mass is 9.86. The van der Waals surface area contributed by atoms with E-state index >= 15 is 0 Å². The number of nitro groups is 1. The highest BCUT2D eigenvalue weighted by atomic mass is 32.2. The maximum absolute atomic E-state index is 14.0. The van der Waals surface area contributed by atoms with Crippen molar-refractivity contribution in [2.45, 2.75) is 50.7 Å². The number of carbonyl (C=O) groups excluding carboxylic acids is 1. The lowest BCUT2D eigenvalue weighted by Gasteiger charge is -2.26. The third-order valence-corrected chi connectivity index (χ3v) is 10.9. The van der Waals surface area contributed by atoms with Gasteiger partial charge in [-0.25, -0.2) is 23.2 Å². The van der Waals surface area contributed by atoms with Crippen molar-refractivity contribution in [1.82, 2.24) is 18.8 Å². The number of sulfonamides is 1. The number of non-ortho nitro benzene ring substituents is 1. The predicted molar refractivity (Wildman–Crippen MR) is 184 cm³/mol. The Hall–Kier alpha value is -4.98. The van der Waals surface area contributed by atoms with E-state index in [9.17, 15) is 23.3 Å². The maximum Gasteiger partial charge on any atom is 0.339 e. The second kappa shape index (κ2) is 13.5. The number of allylic oxidation sites excluding steroid dienone is 1. The Balaban J connectivity index is 1.21. The van der Waals surface area contributed by atoms with Crippen molar-refractivity contribution < 1.29 is 27.6 Å². The van der Waals surface area contributed by atoms with Gasteiger partial charge in [0.15, 0.2) is 0 Å². The number of carbonyl (C=O) groups is 1. The minimum Gasteiger partial charge on any atom is -0.454 e. The molecule has 0 unspecified atom stereocenters. The Morgan fingerprint density at radius 2 is 1.80 bits per heavy atom. The van der Waals surface area contributed by atoms with E-state index in [2.05, 4.69) is 0 Å². The zero-order chi connectivity index (χ0) is 34.1. The first-order chi connectivity index (χ1) is 23.7. The van der Waals surface area contributed by atoms with Crippen molar-refractivity contribution in [1.29, 1.82) is 0 Å². The number of benzene rings is 3. The van der Waals surface area contributed by atoms with E-state index in [1.807, 2.05) is 41.8 Å². The quantitative estimate of drug-likeness (QED) is 0.101. The number of aryl methyl sites for hydroxylation is 1. The predicted octanol–water partition coefficient (Wildman–Crippen LogP) is 6.16. The molecule has 3 aromatic carbocycles. The molecule has 2 aromatic heterocycles. The van der Waals surface area contributed by atoms with Crippen molar-refractivity contribution in [3.8, 4) is 0 Å². The van der Waals surface area contributed by atoms with Crippen LogP contribution in [-0.2, 0) is 39.1 Å². The molecule has 0 radical (unpaired) electrons. The van der Waals surface area contributed by atoms with Gasteiger partial charge < -0.3 is 14.0 Å². The number of pyridine rings is 1. The van der Waals surface area contributed by atoms with E-state index in [0.29, 0.717) is 67.1 Å². The summed E-state index contributed by atoms with van der Waals surface area (Å²) in [6.07, 6.45) is 4.96. The molecule has 0 saturated carbocycles. The standard InChI is InChI=1S/C36H35N5O7S/c1-2-16-40-32-15-14-27(49(45,46)39-17-19-47-20-18-39)22-31(32)37-33(40)23-48-36(42)34-28-7-3-4-9-30(28)38-35-25(6-5-8-29(34)35)21-24-10-12-26(13-11-24)41(43)44/h3-4,7,9-15,21-22H,2,5-6,8,16-20,23H2,1H3/b25-21-. The number of hydrogen-bond donors (Lipinski definition) is 0. The molecule has 2 aliphatic rings. The van der Waals surface area contributed by atoms with Crippen molar-refractivity contribution in [2.75, 3.05) is 26.3 Å². The van der Waals surface area contributed by atoms with Crippen LogP contribution >= 0.6 is 0 Å². The Morgan fingerprint density at radius 1 is 1.02 bits per heavy atom. The third kappa shape index (κ3) is 6.32. The average Bonchev–Trinajstić information content (AvgIpc) is 3.47. The van der Waals surface area contributed by atoms with Gasteiger partial charge in [-0.2, -0.15) is 4.31 Å². The fourth-order valence-corrected chi connectivity index (χ4v) is 8.07. The number of nitrogens with zero attached hydrogens (tertiary/aromatic N) is 5. The smallest absolute Gasteiger partial charge is 0.339 e. The first-order valence-electron chi connectivity index (χ1n) is 16.4. The largest absolute Gasteiger partial charge is 0.454 e. The van der Waals surface area contributed by atoms with Crippen LogP contribution in [0.1, 0.15) is 59.2 Å². The summed E-state index contributed by atoms with van der Waals surface area (Å²) in [6, 6.07) is 18.8. The van der Waals surface area contributed by atoms with Crippen LogP contribution in [0, 0.1) is 10.1 Å². The van der Waals surface area contributed by atoms with Gasteiger partial charge in [-0.15, -0.1) is 0 Å². The molecule has 0 spiro atoms. The number of morpholine rings is 1. The molecule has 13 heteroatoms. The normalized spacial score (nSPS) is 16.2. The number of hydrogen-bond acceptors (Lipinski definition) is 9. The molecule has 0 atom stereocenters. The summed E-state index contributed by atoms with van der Waals surface area (Å²) in [7, 11) is -3.71. The van der Waals surface area contributed by atoms with E-state index in [1.54, 1.807) is 30.3 Å². The highest BCUT2D eigenvalue weighted by molar-refractivity contribution is 7.89. The Bertz CT molecular complexity index is 2220. The molecule has 1 saturated heterocycles. The lowest BCUT2D eigenvalue weighted by molar-refractivity contribution is -0.384. The third-order valence-electron chi connectivity index (χ3n) is 9.01. The van der Waals surface area contributed by atoms with E-state index in [-0.39, 0.29) is 17.2 Å². The van der Waals surface area contributed by atoms with Gasteiger partial charge in [0.1, 0.15) is 12.4 Å². The summed E-state index contributed by atoms with van der Waals surface area (Å²) in [6.45, 7) is 3.86. The van der Waals surface area contributed by atoms with Crippen LogP contribution < -0.4 is 0 Å². The van der Waals surface area contributed by atoms with E-state index in [0.717, 1.165) is 47.2 Å². The molecule has 5 aromatic rings. The maximum atomic E-state index is 14.0. The SMILES string of the molecule is CCCn1c(COC(=O)c2c3c(nc4ccccc24)/C(=C\c2ccc([N+](=O)[O-])cc2)CCC3)nc2cc(S(=O)(=O)N3CCOCC3)ccc21. The molecular formula is C36H35N5O7S. The van der Waals surface area contributed by atoms with Gasteiger partial charge in [-0.05, 0) is 84.9 Å². The van der Waals surface area contributed by atoms with E-state index < -0.39 is 20.9 Å². The van der Waals surface area contributed by atoms with Gasteiger partial charge in [0, 0.05) is 37.2 Å². The molecule has 0 bridgehead atoms. The van der Waals surface area contributed by atoms with Gasteiger partial charge in [0.2, 0.25) is 10.0 Å². The molecule has 252 valence electrons. The number of fused-ring (bicyclic) bond motifs is 3. The van der Waals surface area contributed by atoms with Crippen LogP contribution in [0.25, 0.3) is 33.6 Å². The van der Waals surface area contributed by atoms with Gasteiger partial charge in [-0.1, -0.05) is 25.1 Å². The molecule has 7 rings (SSSR count). The summed E-state index contributed by atoms with van der Waals surface area (Å²) < 4.78 is 41.4.